The topological polar surface area (TPSA) is 42.4 Å². The number of methoxy groups -OCH3 is 1. The molecule has 0 bridgehead atoms. The number of pyridine rings is 1. The molecule has 0 saturated heterocycles. The Hall–Kier alpha value is -1.94. The number of hydrogen-bond donors (Lipinski definition) is 1. The first-order valence-corrected chi connectivity index (χ1v) is 6.10. The van der Waals surface area contributed by atoms with Crippen molar-refractivity contribution in [3.05, 3.63) is 59.7 Å². The fourth-order valence-electron chi connectivity index (χ4n) is 1.96. The zero-order valence-electron chi connectivity index (χ0n) is 10.7. The minimum atomic E-state index is -0.670. The van der Waals surface area contributed by atoms with E-state index in [4.69, 9.17) is 4.74 Å². The molecule has 2 rings (SSSR count). The molecule has 0 saturated carbocycles. The van der Waals surface area contributed by atoms with Gasteiger partial charge >= 0.3 is 0 Å². The summed E-state index contributed by atoms with van der Waals surface area (Å²) in [5.41, 5.74) is 1.24. The Morgan fingerprint density at radius 1 is 1.21 bits per heavy atom. The van der Waals surface area contributed by atoms with Gasteiger partial charge in [-0.15, -0.1) is 0 Å². The first-order chi connectivity index (χ1) is 9.20. The van der Waals surface area contributed by atoms with Gasteiger partial charge in [0.25, 0.3) is 0 Å². The molecule has 2 aromatic rings. The fraction of sp³-hybridized carbons (Fsp3) is 0.267. The molecule has 1 unspecified atom stereocenters. The van der Waals surface area contributed by atoms with Crippen LogP contribution in [0.3, 0.4) is 0 Å². The molecule has 19 heavy (non-hydrogen) atoms. The molecule has 1 atom stereocenters. The first-order valence-electron chi connectivity index (χ1n) is 6.10. The molecule has 0 aliphatic heterocycles. The van der Waals surface area contributed by atoms with Gasteiger partial charge in [0.1, 0.15) is 0 Å². The maximum Gasteiger partial charge on any atom is 0.168 e. The number of hydrogen-bond acceptors (Lipinski definition) is 3. The third-order valence-electron chi connectivity index (χ3n) is 2.89. The van der Waals surface area contributed by atoms with E-state index in [1.54, 1.807) is 24.4 Å². The van der Waals surface area contributed by atoms with E-state index in [-0.39, 0.29) is 12.2 Å². The summed E-state index contributed by atoms with van der Waals surface area (Å²) in [6, 6.07) is 10.4. The van der Waals surface area contributed by atoms with Crippen molar-refractivity contribution in [2.75, 3.05) is 7.11 Å². The summed E-state index contributed by atoms with van der Waals surface area (Å²) in [4.78, 5) is 4.14. The van der Waals surface area contributed by atoms with E-state index in [2.05, 4.69) is 4.98 Å². The zero-order valence-corrected chi connectivity index (χ0v) is 10.7. The smallest absolute Gasteiger partial charge is 0.168 e. The lowest BCUT2D eigenvalue weighted by Gasteiger charge is -2.12. The van der Waals surface area contributed by atoms with Crippen molar-refractivity contribution < 1.29 is 14.2 Å². The van der Waals surface area contributed by atoms with Crippen molar-refractivity contribution in [3.63, 3.8) is 0 Å². The van der Waals surface area contributed by atoms with E-state index in [1.165, 1.54) is 7.11 Å². The van der Waals surface area contributed by atoms with E-state index in [1.807, 2.05) is 18.2 Å². The predicted octanol–water partition coefficient (Wildman–Crippen LogP) is 2.38. The SMILES string of the molecule is COc1cccc(CC(O)Cc2ccccn2)c1F. The normalized spacial score (nSPS) is 12.2. The molecule has 0 aliphatic carbocycles. The van der Waals surface area contributed by atoms with E-state index in [0.717, 1.165) is 5.69 Å². The highest BCUT2D eigenvalue weighted by molar-refractivity contribution is 5.31. The molecule has 1 heterocycles. The van der Waals surface area contributed by atoms with Crippen LogP contribution in [0.25, 0.3) is 0 Å². The highest BCUT2D eigenvalue weighted by atomic mass is 19.1. The summed E-state index contributed by atoms with van der Waals surface area (Å²) in [7, 11) is 1.42. The molecule has 0 amide bonds. The van der Waals surface area contributed by atoms with Gasteiger partial charge in [0.15, 0.2) is 11.6 Å². The maximum absolute atomic E-state index is 13.9. The molecule has 1 N–H and O–H groups in total. The average Bonchev–Trinajstić information content (AvgIpc) is 2.42. The lowest BCUT2D eigenvalue weighted by Crippen LogP contribution is -2.15. The van der Waals surface area contributed by atoms with Crippen LogP contribution in [-0.4, -0.2) is 23.3 Å². The Bertz CT molecular complexity index is 531. The van der Waals surface area contributed by atoms with E-state index in [9.17, 15) is 9.50 Å². The lowest BCUT2D eigenvalue weighted by atomic mass is 10.0. The molecule has 1 aromatic carbocycles. The van der Waals surface area contributed by atoms with Gasteiger partial charge in [-0.1, -0.05) is 18.2 Å². The van der Waals surface area contributed by atoms with Crippen molar-refractivity contribution in [2.24, 2.45) is 0 Å². The summed E-state index contributed by atoms with van der Waals surface area (Å²) in [6.07, 6.45) is 1.64. The molecule has 1 aromatic heterocycles. The summed E-state index contributed by atoms with van der Waals surface area (Å²) in [6.45, 7) is 0. The van der Waals surface area contributed by atoms with Crippen molar-refractivity contribution in [2.45, 2.75) is 18.9 Å². The van der Waals surface area contributed by atoms with Crippen molar-refractivity contribution in [1.82, 2.24) is 4.98 Å². The van der Waals surface area contributed by atoms with Crippen LogP contribution in [0.15, 0.2) is 42.6 Å². The number of aliphatic hydroxyl groups excluding tert-OH is 1. The standard InChI is InChI=1S/C15H16FNO2/c1-19-14-7-4-5-11(15(14)16)9-13(18)10-12-6-2-3-8-17-12/h2-8,13,18H,9-10H2,1H3. The number of benzene rings is 1. The van der Waals surface area contributed by atoms with Crippen molar-refractivity contribution in [3.8, 4) is 5.75 Å². The molecular weight excluding hydrogens is 245 g/mol. The zero-order chi connectivity index (χ0) is 13.7. The second kappa shape index (κ2) is 6.29. The number of aliphatic hydroxyl groups is 1. The second-order valence-corrected chi connectivity index (χ2v) is 4.32. The van der Waals surface area contributed by atoms with Gasteiger partial charge in [-0.05, 0) is 23.8 Å². The summed E-state index contributed by atoms with van der Waals surface area (Å²) < 4.78 is 18.8. The Morgan fingerprint density at radius 2 is 2.05 bits per heavy atom. The molecular formula is C15H16FNO2. The van der Waals surface area contributed by atoms with Crippen LogP contribution in [0, 0.1) is 5.82 Å². The number of halogens is 1. The fourth-order valence-corrected chi connectivity index (χ4v) is 1.96. The second-order valence-electron chi connectivity index (χ2n) is 4.32. The minimum absolute atomic E-state index is 0.197. The molecule has 0 fully saturated rings. The van der Waals surface area contributed by atoms with Gasteiger partial charge in [-0.3, -0.25) is 4.98 Å². The molecule has 3 nitrogen and oxygen atoms in total. The van der Waals surface area contributed by atoms with Gasteiger partial charge in [0, 0.05) is 24.7 Å². The van der Waals surface area contributed by atoms with Crippen LogP contribution in [0.5, 0.6) is 5.75 Å². The Kier molecular flexibility index (Phi) is 4.47. The van der Waals surface area contributed by atoms with E-state index < -0.39 is 11.9 Å². The van der Waals surface area contributed by atoms with Crippen molar-refractivity contribution in [1.29, 1.82) is 0 Å². The van der Waals surface area contributed by atoms with E-state index in [0.29, 0.717) is 12.0 Å². The third-order valence-corrected chi connectivity index (χ3v) is 2.89. The van der Waals surface area contributed by atoms with E-state index >= 15 is 0 Å². The summed E-state index contributed by atoms with van der Waals surface area (Å²) in [5, 5.41) is 10.00. The number of aromatic nitrogens is 1. The molecule has 0 aliphatic rings. The molecule has 0 spiro atoms. The quantitative estimate of drug-likeness (QED) is 0.898. The van der Waals surface area contributed by atoms with Gasteiger partial charge in [0.2, 0.25) is 0 Å². The van der Waals surface area contributed by atoms with Crippen molar-refractivity contribution >= 4 is 0 Å². The molecule has 0 radical (unpaired) electrons. The number of nitrogens with zero attached hydrogens (tertiary/aromatic N) is 1. The molecule has 4 heteroatoms. The van der Waals surface area contributed by atoms with Gasteiger partial charge in [0.05, 0.1) is 13.2 Å². The largest absolute Gasteiger partial charge is 0.494 e. The highest BCUT2D eigenvalue weighted by Gasteiger charge is 2.13. The van der Waals surface area contributed by atoms with Gasteiger partial charge < -0.3 is 9.84 Å². The average molecular weight is 261 g/mol. The summed E-state index contributed by atoms with van der Waals surface area (Å²) in [5.74, 6) is -0.215. The lowest BCUT2D eigenvalue weighted by molar-refractivity contribution is 0.172. The monoisotopic (exact) mass is 261 g/mol. The van der Waals surface area contributed by atoms with Crippen LogP contribution in [-0.2, 0) is 12.8 Å². The first kappa shape index (κ1) is 13.5. The Labute approximate surface area is 111 Å². The van der Waals surface area contributed by atoms with Crippen LogP contribution in [0.4, 0.5) is 4.39 Å². The summed E-state index contributed by atoms with van der Waals surface area (Å²) >= 11 is 0. The minimum Gasteiger partial charge on any atom is -0.494 e. The van der Waals surface area contributed by atoms with Gasteiger partial charge in [-0.25, -0.2) is 4.39 Å². The number of rotatable bonds is 5. The van der Waals surface area contributed by atoms with Crippen LogP contribution >= 0.6 is 0 Å². The number of ether oxygens (including phenoxy) is 1. The molecule has 100 valence electrons. The third kappa shape index (κ3) is 3.51. The predicted molar refractivity (Wildman–Crippen MR) is 70.6 cm³/mol. The maximum atomic E-state index is 13.9. The van der Waals surface area contributed by atoms with Gasteiger partial charge in [-0.2, -0.15) is 0 Å². The Balaban J connectivity index is 2.05. The van der Waals surface area contributed by atoms with Crippen LogP contribution in [0.2, 0.25) is 0 Å². The van der Waals surface area contributed by atoms with Crippen LogP contribution < -0.4 is 4.74 Å². The van der Waals surface area contributed by atoms with Crippen LogP contribution in [0.1, 0.15) is 11.3 Å². The highest BCUT2D eigenvalue weighted by Crippen LogP contribution is 2.21. The Morgan fingerprint density at radius 3 is 2.74 bits per heavy atom.